The lowest BCUT2D eigenvalue weighted by molar-refractivity contribution is 0.0827. The number of nitrogens with one attached hydrogen (secondary N) is 2. The van der Waals surface area contributed by atoms with Gasteiger partial charge in [-0.2, -0.15) is 0 Å². The minimum atomic E-state index is -3.76. The molecule has 0 aliphatic carbocycles. The van der Waals surface area contributed by atoms with Gasteiger partial charge in [-0.3, -0.25) is 4.79 Å². The Balaban J connectivity index is 2.98. The quantitative estimate of drug-likeness (QED) is 0.779. The molecule has 0 saturated heterocycles. The first-order chi connectivity index (χ1) is 10.2. The highest BCUT2D eigenvalue weighted by molar-refractivity contribution is 7.89. The van der Waals surface area contributed by atoms with E-state index in [2.05, 4.69) is 10.0 Å². The molecule has 0 heterocycles. The SMILES string of the molecule is CNC(C)CCNS(=O)(=O)c1cc(C(=O)N(C)C)ccc1Cl. The monoisotopic (exact) mass is 347 g/mol. The molecule has 2 N–H and O–H groups in total. The van der Waals surface area contributed by atoms with Crippen LogP contribution in [0.25, 0.3) is 0 Å². The van der Waals surface area contributed by atoms with Crippen LogP contribution in [-0.2, 0) is 10.0 Å². The summed E-state index contributed by atoms with van der Waals surface area (Å²) >= 11 is 5.98. The van der Waals surface area contributed by atoms with Crippen molar-refractivity contribution >= 4 is 27.5 Å². The Labute approximate surface area is 136 Å². The maximum absolute atomic E-state index is 12.3. The minimum Gasteiger partial charge on any atom is -0.345 e. The van der Waals surface area contributed by atoms with Crippen molar-refractivity contribution in [3.63, 3.8) is 0 Å². The van der Waals surface area contributed by atoms with Crippen molar-refractivity contribution in [3.05, 3.63) is 28.8 Å². The van der Waals surface area contributed by atoms with E-state index in [0.717, 1.165) is 0 Å². The first-order valence-electron chi connectivity index (χ1n) is 6.87. The van der Waals surface area contributed by atoms with Crippen LogP contribution in [0.5, 0.6) is 0 Å². The average Bonchev–Trinajstić information content (AvgIpc) is 2.46. The summed E-state index contributed by atoms with van der Waals surface area (Å²) in [5.74, 6) is -0.281. The van der Waals surface area contributed by atoms with Crippen LogP contribution in [-0.4, -0.2) is 53.0 Å². The molecule has 1 aromatic rings. The standard InChI is InChI=1S/C14H22ClN3O3S/c1-10(16-2)7-8-17-22(20,21)13-9-11(5-6-12(13)15)14(19)18(3)4/h5-6,9-10,16-17H,7-8H2,1-4H3. The van der Waals surface area contributed by atoms with E-state index >= 15 is 0 Å². The van der Waals surface area contributed by atoms with Gasteiger partial charge in [0.15, 0.2) is 0 Å². The number of rotatable bonds is 7. The Morgan fingerprint density at radius 3 is 2.55 bits per heavy atom. The highest BCUT2D eigenvalue weighted by atomic mass is 35.5. The second kappa shape index (κ2) is 7.92. The maximum Gasteiger partial charge on any atom is 0.253 e. The van der Waals surface area contributed by atoms with Gasteiger partial charge in [-0.1, -0.05) is 11.6 Å². The number of benzene rings is 1. The summed E-state index contributed by atoms with van der Waals surface area (Å²) in [6.07, 6.45) is 0.643. The Bertz CT molecular complexity index is 632. The predicted octanol–water partition coefficient (Wildman–Crippen LogP) is 1.32. The Morgan fingerprint density at radius 1 is 1.36 bits per heavy atom. The Kier molecular flexibility index (Phi) is 6.80. The molecular formula is C14H22ClN3O3S. The Hall–Kier alpha value is -1.15. The first kappa shape index (κ1) is 18.9. The highest BCUT2D eigenvalue weighted by Gasteiger charge is 2.20. The van der Waals surface area contributed by atoms with Crippen LogP contribution in [0.4, 0.5) is 0 Å². The number of sulfonamides is 1. The van der Waals surface area contributed by atoms with E-state index in [0.29, 0.717) is 6.42 Å². The summed E-state index contributed by atoms with van der Waals surface area (Å²) in [4.78, 5) is 13.2. The van der Waals surface area contributed by atoms with E-state index in [-0.39, 0.29) is 34.0 Å². The summed E-state index contributed by atoms with van der Waals surface area (Å²) in [5, 5.41) is 3.12. The number of hydrogen-bond acceptors (Lipinski definition) is 4. The van der Waals surface area contributed by atoms with Gasteiger partial charge in [-0.05, 0) is 38.6 Å². The molecule has 8 heteroatoms. The molecule has 1 aromatic carbocycles. The third kappa shape index (κ3) is 4.95. The molecular weight excluding hydrogens is 326 g/mol. The third-order valence-electron chi connectivity index (χ3n) is 3.24. The van der Waals surface area contributed by atoms with Crippen molar-refractivity contribution in [3.8, 4) is 0 Å². The zero-order valence-corrected chi connectivity index (χ0v) is 14.8. The molecule has 0 aliphatic rings. The number of halogens is 1. The number of nitrogens with zero attached hydrogens (tertiary/aromatic N) is 1. The molecule has 1 amide bonds. The zero-order chi connectivity index (χ0) is 16.9. The van der Waals surface area contributed by atoms with Gasteiger partial charge in [0.25, 0.3) is 5.91 Å². The smallest absolute Gasteiger partial charge is 0.253 e. The van der Waals surface area contributed by atoms with Crippen LogP contribution in [0.15, 0.2) is 23.1 Å². The van der Waals surface area contributed by atoms with E-state index in [4.69, 9.17) is 11.6 Å². The normalized spacial score (nSPS) is 13.0. The number of amides is 1. The third-order valence-corrected chi connectivity index (χ3v) is 5.18. The molecule has 1 atom stereocenters. The van der Waals surface area contributed by atoms with Gasteiger partial charge in [0.2, 0.25) is 10.0 Å². The van der Waals surface area contributed by atoms with Gasteiger partial charge >= 0.3 is 0 Å². The van der Waals surface area contributed by atoms with Gasteiger partial charge in [-0.25, -0.2) is 13.1 Å². The van der Waals surface area contributed by atoms with Crippen molar-refractivity contribution in [2.24, 2.45) is 0 Å². The summed E-state index contributed by atoms with van der Waals surface area (Å²) in [6, 6.07) is 4.42. The van der Waals surface area contributed by atoms with E-state index in [1.807, 2.05) is 14.0 Å². The van der Waals surface area contributed by atoms with Gasteiger partial charge < -0.3 is 10.2 Å². The fraction of sp³-hybridized carbons (Fsp3) is 0.500. The van der Waals surface area contributed by atoms with Crippen molar-refractivity contribution in [2.75, 3.05) is 27.7 Å². The minimum absolute atomic E-state index is 0.0843. The summed E-state index contributed by atoms with van der Waals surface area (Å²) in [7, 11) is 1.25. The lowest BCUT2D eigenvalue weighted by Crippen LogP contribution is -2.31. The molecule has 0 fully saturated rings. The molecule has 6 nitrogen and oxygen atoms in total. The van der Waals surface area contributed by atoms with Crippen molar-refractivity contribution in [2.45, 2.75) is 24.3 Å². The summed E-state index contributed by atoms with van der Waals surface area (Å²) < 4.78 is 27.2. The topological polar surface area (TPSA) is 78.5 Å². The number of hydrogen-bond donors (Lipinski definition) is 2. The van der Waals surface area contributed by atoms with Crippen LogP contribution in [0.2, 0.25) is 5.02 Å². The highest BCUT2D eigenvalue weighted by Crippen LogP contribution is 2.23. The second-order valence-electron chi connectivity index (χ2n) is 5.22. The molecule has 0 radical (unpaired) electrons. The maximum atomic E-state index is 12.3. The largest absolute Gasteiger partial charge is 0.345 e. The average molecular weight is 348 g/mol. The Morgan fingerprint density at radius 2 is 2.00 bits per heavy atom. The van der Waals surface area contributed by atoms with Crippen LogP contribution in [0.3, 0.4) is 0 Å². The number of carbonyl (C=O) groups is 1. The lowest BCUT2D eigenvalue weighted by Gasteiger charge is -2.14. The van der Waals surface area contributed by atoms with Crippen molar-refractivity contribution in [1.82, 2.24) is 14.9 Å². The van der Waals surface area contributed by atoms with Gasteiger partial charge in [0, 0.05) is 32.2 Å². The fourth-order valence-corrected chi connectivity index (χ4v) is 3.30. The molecule has 1 unspecified atom stereocenters. The molecule has 1 rings (SSSR count). The van der Waals surface area contributed by atoms with Crippen LogP contribution in [0, 0.1) is 0 Å². The second-order valence-corrected chi connectivity index (χ2v) is 7.36. The fourth-order valence-electron chi connectivity index (χ4n) is 1.73. The van der Waals surface area contributed by atoms with E-state index in [1.54, 1.807) is 14.1 Å². The van der Waals surface area contributed by atoms with Crippen LogP contribution < -0.4 is 10.0 Å². The van der Waals surface area contributed by atoms with E-state index < -0.39 is 10.0 Å². The number of carbonyl (C=O) groups excluding carboxylic acids is 1. The van der Waals surface area contributed by atoms with Crippen molar-refractivity contribution < 1.29 is 13.2 Å². The van der Waals surface area contributed by atoms with E-state index in [1.165, 1.54) is 23.1 Å². The first-order valence-corrected chi connectivity index (χ1v) is 8.73. The molecule has 124 valence electrons. The molecule has 0 bridgehead atoms. The summed E-state index contributed by atoms with van der Waals surface area (Å²) in [6.45, 7) is 2.24. The molecule has 0 spiro atoms. The predicted molar refractivity (Wildman–Crippen MR) is 87.8 cm³/mol. The van der Waals surface area contributed by atoms with Gasteiger partial charge in [-0.15, -0.1) is 0 Å². The molecule has 22 heavy (non-hydrogen) atoms. The van der Waals surface area contributed by atoms with Crippen molar-refractivity contribution in [1.29, 1.82) is 0 Å². The summed E-state index contributed by atoms with van der Waals surface area (Å²) in [5.41, 5.74) is 0.276. The molecule has 0 saturated carbocycles. The zero-order valence-electron chi connectivity index (χ0n) is 13.2. The van der Waals surface area contributed by atoms with Gasteiger partial charge in [0.1, 0.15) is 4.90 Å². The molecule has 0 aromatic heterocycles. The van der Waals surface area contributed by atoms with E-state index in [9.17, 15) is 13.2 Å². The van der Waals surface area contributed by atoms with Crippen LogP contribution in [0.1, 0.15) is 23.7 Å². The lowest BCUT2D eigenvalue weighted by atomic mass is 10.2. The van der Waals surface area contributed by atoms with Crippen LogP contribution >= 0.6 is 11.6 Å². The molecule has 0 aliphatic heterocycles. The van der Waals surface area contributed by atoms with Gasteiger partial charge in [0.05, 0.1) is 5.02 Å².